The van der Waals surface area contributed by atoms with E-state index in [-0.39, 0.29) is 12.8 Å². The summed E-state index contributed by atoms with van der Waals surface area (Å²) in [5.74, 6) is -2.72. The highest BCUT2D eigenvalue weighted by atomic mass is 31.2. The quantitative estimate of drug-likeness (QED) is 0.0230. The Hall–Kier alpha value is -4.64. The number of carboxylic acids is 1. The minimum atomic E-state index is -4.78. The number of carboxylic acid groups (broad SMARTS) is 1. The molecule has 0 aromatic rings. The van der Waals surface area contributed by atoms with Gasteiger partial charge in [-0.15, -0.1) is 0 Å². The SMILES string of the molecule is CCCCCC=CCC=CCC=CCC=CCC=CCC=CCC(=O)O[C@H](COC(=O)CC=CCC=CCC=CCC=CCC=CCC=CCCCCCC)COP(=O)(O)OC[C@H](N)C(=O)O. The summed E-state index contributed by atoms with van der Waals surface area (Å²) in [5, 5.41) is 8.91. The Balaban J connectivity index is 4.62. The van der Waals surface area contributed by atoms with Gasteiger partial charge >= 0.3 is 25.7 Å². The van der Waals surface area contributed by atoms with Gasteiger partial charge in [-0.25, -0.2) is 4.57 Å². The Morgan fingerprint density at radius 2 is 0.791 bits per heavy atom. The molecule has 12 heteroatoms. The Labute approximate surface area is 404 Å². The van der Waals surface area contributed by atoms with Gasteiger partial charge in [-0.05, 0) is 89.9 Å². The first kappa shape index (κ1) is 62.4. The number of carbonyl (C=O) groups is 3. The molecule has 0 aromatic heterocycles. The molecule has 0 fully saturated rings. The minimum Gasteiger partial charge on any atom is -0.480 e. The molecule has 3 atom stereocenters. The fourth-order valence-electron chi connectivity index (χ4n) is 5.56. The van der Waals surface area contributed by atoms with Gasteiger partial charge in [0.25, 0.3) is 0 Å². The summed E-state index contributed by atoms with van der Waals surface area (Å²) >= 11 is 0. The van der Waals surface area contributed by atoms with E-state index in [1.165, 1.54) is 57.8 Å². The number of unbranched alkanes of at least 4 members (excludes halogenated alkanes) is 7. The van der Waals surface area contributed by atoms with Gasteiger partial charge in [0, 0.05) is 0 Å². The highest BCUT2D eigenvalue weighted by molar-refractivity contribution is 7.47. The van der Waals surface area contributed by atoms with E-state index in [0.717, 1.165) is 51.4 Å². The summed E-state index contributed by atoms with van der Waals surface area (Å²) < 4.78 is 32.5. The van der Waals surface area contributed by atoms with Crippen molar-refractivity contribution in [1.29, 1.82) is 0 Å². The van der Waals surface area contributed by atoms with Crippen molar-refractivity contribution in [2.75, 3.05) is 19.8 Å². The van der Waals surface area contributed by atoms with E-state index >= 15 is 0 Å². The molecule has 1 unspecified atom stereocenters. The fraction of sp³-hybridized carbons (Fsp3) is 0.509. The molecule has 0 heterocycles. The van der Waals surface area contributed by atoms with E-state index in [2.05, 4.69) is 116 Å². The summed E-state index contributed by atoms with van der Waals surface area (Å²) in [6, 6.07) is -1.56. The molecule has 0 radical (unpaired) electrons. The number of carbonyl (C=O) groups excluding carboxylic acids is 2. The molecule has 67 heavy (non-hydrogen) atoms. The maximum absolute atomic E-state index is 12.6. The van der Waals surface area contributed by atoms with Gasteiger partial charge in [-0.1, -0.05) is 192 Å². The molecular weight excluding hydrogens is 866 g/mol. The lowest BCUT2D eigenvalue weighted by molar-refractivity contribution is -0.160. The Kier molecular flexibility index (Phi) is 44.5. The molecule has 0 bridgehead atoms. The van der Waals surface area contributed by atoms with Gasteiger partial charge in [0.2, 0.25) is 0 Å². The molecule has 0 saturated carbocycles. The molecule has 0 aliphatic carbocycles. The standard InChI is InChI=1S/C55H84NO10P/c1-3-5-7-9-11-13-15-17-19-21-23-25-27-28-30-32-34-36-38-40-42-44-46-53(57)63-48-51(49-64-67(61,62)65-50-52(56)55(59)60)66-54(58)47-45-43-41-39-37-35-33-31-29-26-24-22-20-18-16-14-12-10-8-6-4-2/h12-15,18-21,24-27,30-33,36-39,42-45,51-52H,3-11,16-17,22-23,28-29,34-35,40-41,46-50,56H2,1-2H3,(H,59,60)(H,61,62)/t51-,52+/m1/s1. The highest BCUT2D eigenvalue weighted by Crippen LogP contribution is 2.43. The van der Waals surface area contributed by atoms with Crippen LogP contribution in [0.25, 0.3) is 0 Å². The number of aliphatic carboxylic acids is 1. The van der Waals surface area contributed by atoms with Crippen LogP contribution in [0.1, 0.15) is 149 Å². The monoisotopic (exact) mass is 950 g/mol. The second-order valence-corrected chi connectivity index (χ2v) is 17.0. The van der Waals surface area contributed by atoms with Crippen LogP contribution >= 0.6 is 7.82 Å². The van der Waals surface area contributed by atoms with Gasteiger partial charge in [-0.2, -0.15) is 0 Å². The molecular formula is C55H84NO10P. The molecule has 4 N–H and O–H groups in total. The first-order chi connectivity index (χ1) is 32.6. The van der Waals surface area contributed by atoms with Gasteiger partial charge in [0.1, 0.15) is 12.6 Å². The van der Waals surface area contributed by atoms with Crippen LogP contribution in [-0.4, -0.2) is 59.9 Å². The van der Waals surface area contributed by atoms with Gasteiger partial charge in [0.05, 0.1) is 26.1 Å². The smallest absolute Gasteiger partial charge is 0.472 e. The lowest BCUT2D eigenvalue weighted by Gasteiger charge is -2.20. The number of allylic oxidation sites excluding steroid dienone is 22. The van der Waals surface area contributed by atoms with Gasteiger partial charge in [0.15, 0.2) is 6.10 Å². The third-order valence-corrected chi connectivity index (χ3v) is 10.3. The number of esters is 2. The summed E-state index contributed by atoms with van der Waals surface area (Å²) in [5.41, 5.74) is 5.33. The van der Waals surface area contributed by atoms with Crippen molar-refractivity contribution in [3.63, 3.8) is 0 Å². The lowest BCUT2D eigenvalue weighted by atomic mass is 10.1. The first-order valence-electron chi connectivity index (χ1n) is 24.4. The topological polar surface area (TPSA) is 172 Å². The summed E-state index contributed by atoms with van der Waals surface area (Å²) in [4.78, 5) is 46.0. The molecule has 0 amide bonds. The maximum atomic E-state index is 12.6. The van der Waals surface area contributed by atoms with Crippen molar-refractivity contribution in [1.82, 2.24) is 0 Å². The normalized spacial score (nSPS) is 14.8. The zero-order valence-corrected chi connectivity index (χ0v) is 41.6. The predicted octanol–water partition coefficient (Wildman–Crippen LogP) is 13.9. The second-order valence-electron chi connectivity index (χ2n) is 15.6. The summed E-state index contributed by atoms with van der Waals surface area (Å²) in [7, 11) is -4.78. The van der Waals surface area contributed by atoms with Crippen molar-refractivity contribution < 1.29 is 47.5 Å². The van der Waals surface area contributed by atoms with E-state index in [1.54, 1.807) is 18.2 Å². The molecule has 374 valence electrons. The van der Waals surface area contributed by atoms with E-state index in [1.807, 2.05) is 30.4 Å². The minimum absolute atomic E-state index is 0.0417. The molecule has 0 aliphatic heterocycles. The van der Waals surface area contributed by atoms with Crippen LogP contribution in [0.5, 0.6) is 0 Å². The largest absolute Gasteiger partial charge is 0.480 e. The average molecular weight is 950 g/mol. The summed E-state index contributed by atoms with van der Waals surface area (Å²) in [6.07, 6.45) is 68.3. The third kappa shape index (κ3) is 47.7. The van der Waals surface area contributed by atoms with Crippen LogP contribution in [0, 0.1) is 0 Å². The zero-order chi connectivity index (χ0) is 49.2. The van der Waals surface area contributed by atoms with Crippen LogP contribution < -0.4 is 5.73 Å². The predicted molar refractivity (Wildman–Crippen MR) is 276 cm³/mol. The Morgan fingerprint density at radius 3 is 1.18 bits per heavy atom. The van der Waals surface area contributed by atoms with Crippen molar-refractivity contribution in [3.05, 3.63) is 146 Å². The molecule has 0 aromatic carbocycles. The zero-order valence-electron chi connectivity index (χ0n) is 40.7. The number of hydrogen-bond acceptors (Lipinski definition) is 9. The molecule has 0 aliphatic rings. The van der Waals surface area contributed by atoms with E-state index < -0.39 is 57.7 Å². The van der Waals surface area contributed by atoms with E-state index in [4.69, 9.17) is 24.8 Å². The average Bonchev–Trinajstić information content (AvgIpc) is 3.31. The van der Waals surface area contributed by atoms with Crippen LogP contribution in [0.4, 0.5) is 0 Å². The van der Waals surface area contributed by atoms with Crippen LogP contribution in [0.3, 0.4) is 0 Å². The Morgan fingerprint density at radius 1 is 0.463 bits per heavy atom. The van der Waals surface area contributed by atoms with Crippen LogP contribution in [0.15, 0.2) is 146 Å². The number of ether oxygens (including phenoxy) is 2. The number of phosphoric ester groups is 1. The van der Waals surface area contributed by atoms with Crippen molar-refractivity contribution >= 4 is 25.7 Å². The van der Waals surface area contributed by atoms with Crippen molar-refractivity contribution in [3.8, 4) is 0 Å². The first-order valence-corrected chi connectivity index (χ1v) is 25.9. The number of nitrogens with two attached hydrogens (primary N) is 1. The Bertz CT molecular complexity index is 1680. The van der Waals surface area contributed by atoms with Crippen LogP contribution in [-0.2, 0) is 37.5 Å². The third-order valence-electron chi connectivity index (χ3n) is 9.38. The highest BCUT2D eigenvalue weighted by Gasteiger charge is 2.28. The van der Waals surface area contributed by atoms with Gasteiger partial charge < -0.3 is 25.2 Å². The number of hydrogen-bond donors (Lipinski definition) is 3. The lowest BCUT2D eigenvalue weighted by Crippen LogP contribution is -2.34. The van der Waals surface area contributed by atoms with Gasteiger partial charge in [-0.3, -0.25) is 23.4 Å². The van der Waals surface area contributed by atoms with E-state index in [9.17, 15) is 23.8 Å². The fourth-order valence-corrected chi connectivity index (χ4v) is 6.34. The van der Waals surface area contributed by atoms with Crippen molar-refractivity contribution in [2.24, 2.45) is 5.73 Å². The van der Waals surface area contributed by atoms with Crippen LogP contribution in [0.2, 0.25) is 0 Å². The molecule has 11 nitrogen and oxygen atoms in total. The second kappa shape index (κ2) is 47.8. The molecule has 0 spiro atoms. The number of rotatable bonds is 43. The van der Waals surface area contributed by atoms with Crippen molar-refractivity contribution in [2.45, 2.75) is 161 Å². The molecule has 0 rings (SSSR count). The summed E-state index contributed by atoms with van der Waals surface area (Å²) in [6.45, 7) is 2.54. The van der Waals surface area contributed by atoms with E-state index in [0.29, 0.717) is 12.8 Å². The maximum Gasteiger partial charge on any atom is 0.472 e. The molecule has 0 saturated heterocycles. The number of phosphoric acid groups is 1.